The fraction of sp³-hybridized carbons (Fsp3) is 0.714. The van der Waals surface area contributed by atoms with Crippen molar-refractivity contribution in [3.63, 3.8) is 0 Å². The number of rotatable bonds is 5. The summed E-state index contributed by atoms with van der Waals surface area (Å²) in [6, 6.07) is 4.86. The van der Waals surface area contributed by atoms with Gasteiger partial charge in [0.15, 0.2) is 0 Å². The van der Waals surface area contributed by atoms with Crippen molar-refractivity contribution in [2.45, 2.75) is 38.8 Å². The Hall–Kier alpha value is -0.420. The molecule has 0 radical (unpaired) electrons. The van der Waals surface area contributed by atoms with E-state index in [-0.39, 0.29) is 6.10 Å². The number of nitrogens with two attached hydrogens (primary N) is 1. The lowest BCUT2D eigenvalue weighted by atomic mass is 10.0. The third-order valence-electron chi connectivity index (χ3n) is 3.52. The van der Waals surface area contributed by atoms with Gasteiger partial charge in [0.25, 0.3) is 0 Å². The van der Waals surface area contributed by atoms with Crippen LogP contribution in [-0.2, 0) is 11.2 Å². The molecule has 3 nitrogen and oxygen atoms in total. The average Bonchev–Trinajstić information content (AvgIpc) is 2.87. The fourth-order valence-electron chi connectivity index (χ4n) is 2.63. The molecule has 1 aromatic rings. The zero-order valence-electron chi connectivity index (χ0n) is 11.4. The topological polar surface area (TPSA) is 38.5 Å². The van der Waals surface area contributed by atoms with Gasteiger partial charge in [-0.25, -0.2) is 0 Å². The monoisotopic (exact) mass is 268 g/mol. The minimum Gasteiger partial charge on any atom is -0.374 e. The first-order valence-corrected chi connectivity index (χ1v) is 7.76. The molecule has 0 aromatic carbocycles. The highest BCUT2D eigenvalue weighted by molar-refractivity contribution is 7.12. The molecule has 2 N–H and O–H groups in total. The molecule has 18 heavy (non-hydrogen) atoms. The van der Waals surface area contributed by atoms with Gasteiger partial charge in [-0.15, -0.1) is 11.3 Å². The first-order chi connectivity index (χ1) is 8.80. The normalized spacial score (nSPS) is 25.5. The Labute approximate surface area is 114 Å². The van der Waals surface area contributed by atoms with E-state index in [4.69, 9.17) is 10.5 Å². The van der Waals surface area contributed by atoms with Gasteiger partial charge in [0.1, 0.15) is 0 Å². The molecule has 2 rings (SSSR count). The van der Waals surface area contributed by atoms with Crippen molar-refractivity contribution >= 4 is 11.3 Å². The van der Waals surface area contributed by atoms with Crippen LogP contribution in [0.25, 0.3) is 0 Å². The van der Waals surface area contributed by atoms with Crippen molar-refractivity contribution in [2.75, 3.05) is 26.2 Å². The van der Waals surface area contributed by atoms with Gasteiger partial charge in [-0.2, -0.15) is 0 Å². The van der Waals surface area contributed by atoms with Crippen molar-refractivity contribution in [1.29, 1.82) is 0 Å². The number of thiophene rings is 1. The molecule has 0 spiro atoms. The van der Waals surface area contributed by atoms with Crippen LogP contribution >= 0.6 is 11.3 Å². The van der Waals surface area contributed by atoms with E-state index in [0.717, 1.165) is 26.1 Å². The van der Waals surface area contributed by atoms with Crippen LogP contribution in [0, 0.1) is 0 Å². The molecule has 0 amide bonds. The molecular formula is C14H24N2OS. The van der Waals surface area contributed by atoms with Crippen LogP contribution < -0.4 is 5.73 Å². The SMILES string of the molecule is CCCN1CCOC(CN)C1c1ccc(CC)s1. The van der Waals surface area contributed by atoms with E-state index in [9.17, 15) is 0 Å². The number of hydrogen-bond donors (Lipinski definition) is 1. The summed E-state index contributed by atoms with van der Waals surface area (Å²) >= 11 is 1.91. The van der Waals surface area contributed by atoms with E-state index in [0.29, 0.717) is 12.6 Å². The van der Waals surface area contributed by atoms with E-state index >= 15 is 0 Å². The molecule has 0 saturated carbocycles. The van der Waals surface area contributed by atoms with Crippen LogP contribution in [0.15, 0.2) is 12.1 Å². The lowest BCUT2D eigenvalue weighted by molar-refractivity contribution is -0.0664. The smallest absolute Gasteiger partial charge is 0.0902 e. The Balaban J connectivity index is 2.21. The maximum atomic E-state index is 5.88. The second-order valence-corrected chi connectivity index (χ2v) is 5.98. The number of nitrogens with zero attached hydrogens (tertiary/aromatic N) is 1. The van der Waals surface area contributed by atoms with E-state index in [1.807, 2.05) is 11.3 Å². The van der Waals surface area contributed by atoms with Crippen molar-refractivity contribution in [1.82, 2.24) is 4.90 Å². The summed E-state index contributed by atoms with van der Waals surface area (Å²) in [5.74, 6) is 0. The van der Waals surface area contributed by atoms with E-state index in [1.54, 1.807) is 0 Å². The number of morpholine rings is 1. The molecule has 1 aliphatic rings. The van der Waals surface area contributed by atoms with Crippen LogP contribution in [0.4, 0.5) is 0 Å². The van der Waals surface area contributed by atoms with Gasteiger partial charge < -0.3 is 10.5 Å². The van der Waals surface area contributed by atoms with E-state index in [1.165, 1.54) is 16.2 Å². The predicted octanol–water partition coefficient (Wildman–Crippen LogP) is 2.42. The van der Waals surface area contributed by atoms with Gasteiger partial charge in [-0.1, -0.05) is 13.8 Å². The van der Waals surface area contributed by atoms with Crippen molar-refractivity contribution in [3.8, 4) is 0 Å². The number of ether oxygens (including phenoxy) is 1. The quantitative estimate of drug-likeness (QED) is 0.891. The lowest BCUT2D eigenvalue weighted by Crippen LogP contribution is -2.48. The van der Waals surface area contributed by atoms with Crippen molar-refractivity contribution in [3.05, 3.63) is 21.9 Å². The zero-order valence-corrected chi connectivity index (χ0v) is 12.2. The van der Waals surface area contributed by atoms with Crippen LogP contribution in [0.2, 0.25) is 0 Å². The molecule has 2 heterocycles. The second kappa shape index (κ2) is 6.66. The summed E-state index contributed by atoms with van der Waals surface area (Å²) in [6.07, 6.45) is 2.44. The Morgan fingerprint density at radius 2 is 2.28 bits per heavy atom. The highest BCUT2D eigenvalue weighted by atomic mass is 32.1. The molecule has 1 aromatic heterocycles. The predicted molar refractivity (Wildman–Crippen MR) is 77.1 cm³/mol. The Kier molecular flexibility index (Phi) is 5.18. The molecule has 0 bridgehead atoms. The Morgan fingerprint density at radius 3 is 2.89 bits per heavy atom. The molecule has 102 valence electrons. The van der Waals surface area contributed by atoms with Gasteiger partial charge in [-0.05, 0) is 31.5 Å². The summed E-state index contributed by atoms with van der Waals surface area (Å²) in [6.45, 7) is 8.00. The summed E-state index contributed by atoms with van der Waals surface area (Å²) in [5, 5.41) is 0. The fourth-order valence-corrected chi connectivity index (χ4v) is 3.77. The second-order valence-electron chi connectivity index (χ2n) is 4.78. The summed E-state index contributed by atoms with van der Waals surface area (Å²) in [7, 11) is 0. The maximum Gasteiger partial charge on any atom is 0.0902 e. The average molecular weight is 268 g/mol. The van der Waals surface area contributed by atoms with Crippen LogP contribution in [0.3, 0.4) is 0 Å². The van der Waals surface area contributed by atoms with Crippen LogP contribution in [0.5, 0.6) is 0 Å². The lowest BCUT2D eigenvalue weighted by Gasteiger charge is -2.40. The molecular weight excluding hydrogens is 244 g/mol. The van der Waals surface area contributed by atoms with Gasteiger partial charge >= 0.3 is 0 Å². The van der Waals surface area contributed by atoms with Crippen molar-refractivity contribution < 1.29 is 4.74 Å². The van der Waals surface area contributed by atoms with Gasteiger partial charge in [0.2, 0.25) is 0 Å². The Morgan fingerprint density at radius 1 is 1.44 bits per heavy atom. The summed E-state index contributed by atoms with van der Waals surface area (Å²) < 4.78 is 5.85. The zero-order chi connectivity index (χ0) is 13.0. The van der Waals surface area contributed by atoms with E-state index in [2.05, 4.69) is 30.9 Å². The van der Waals surface area contributed by atoms with Gasteiger partial charge in [0.05, 0.1) is 18.8 Å². The third-order valence-corrected chi connectivity index (χ3v) is 4.82. The Bertz CT molecular complexity index is 364. The minimum atomic E-state index is 0.147. The first kappa shape index (κ1) is 14.0. The molecule has 1 fully saturated rings. The van der Waals surface area contributed by atoms with E-state index < -0.39 is 0 Å². The number of aryl methyl sites for hydroxylation is 1. The maximum absolute atomic E-state index is 5.88. The van der Waals surface area contributed by atoms with Gasteiger partial charge in [0, 0.05) is 22.8 Å². The summed E-state index contributed by atoms with van der Waals surface area (Å²) in [4.78, 5) is 5.39. The third kappa shape index (κ3) is 2.94. The molecule has 2 unspecified atom stereocenters. The molecule has 0 aliphatic carbocycles. The summed E-state index contributed by atoms with van der Waals surface area (Å²) in [5.41, 5.74) is 5.88. The largest absolute Gasteiger partial charge is 0.374 e. The first-order valence-electron chi connectivity index (χ1n) is 6.94. The molecule has 4 heteroatoms. The molecule has 1 saturated heterocycles. The van der Waals surface area contributed by atoms with Crippen LogP contribution in [-0.4, -0.2) is 37.2 Å². The molecule has 2 atom stereocenters. The van der Waals surface area contributed by atoms with Crippen LogP contribution in [0.1, 0.15) is 36.1 Å². The van der Waals surface area contributed by atoms with Gasteiger partial charge in [-0.3, -0.25) is 4.90 Å². The molecule has 1 aliphatic heterocycles. The van der Waals surface area contributed by atoms with Crippen molar-refractivity contribution in [2.24, 2.45) is 5.73 Å². The highest BCUT2D eigenvalue weighted by Crippen LogP contribution is 2.34. The highest BCUT2D eigenvalue weighted by Gasteiger charge is 2.33. The standard InChI is InChI=1S/C14H24N2OS/c1-3-7-16-8-9-17-12(10-15)14(16)13-6-5-11(4-2)18-13/h5-6,12,14H,3-4,7-10,15H2,1-2H3. The number of hydrogen-bond acceptors (Lipinski definition) is 4. The minimum absolute atomic E-state index is 0.147.